The highest BCUT2D eigenvalue weighted by Crippen LogP contribution is 2.29. The Morgan fingerprint density at radius 1 is 1.05 bits per heavy atom. The van der Waals surface area contributed by atoms with Crippen LogP contribution >= 0.6 is 11.6 Å². The van der Waals surface area contributed by atoms with Crippen LogP contribution < -0.4 is 9.64 Å². The molecular formula is C16H14ClNO2. The number of ether oxygens (including phenoxy) is 1. The molecule has 20 heavy (non-hydrogen) atoms. The van der Waals surface area contributed by atoms with E-state index in [4.69, 9.17) is 16.3 Å². The second kappa shape index (κ2) is 5.55. The summed E-state index contributed by atoms with van der Waals surface area (Å²) in [5.74, 6) is 1.54. The van der Waals surface area contributed by atoms with Gasteiger partial charge in [-0.15, -0.1) is 11.6 Å². The lowest BCUT2D eigenvalue weighted by molar-refractivity contribution is -0.117. The number of benzene rings is 2. The molecule has 4 heteroatoms. The molecule has 0 saturated carbocycles. The Labute approximate surface area is 122 Å². The first-order valence-corrected chi connectivity index (χ1v) is 6.93. The Morgan fingerprint density at radius 2 is 1.80 bits per heavy atom. The van der Waals surface area contributed by atoms with Gasteiger partial charge in [0.05, 0.1) is 5.38 Å². The molecule has 1 unspecified atom stereocenters. The van der Waals surface area contributed by atoms with Crippen LogP contribution in [0.5, 0.6) is 11.5 Å². The molecule has 1 aliphatic rings. The zero-order valence-corrected chi connectivity index (χ0v) is 11.6. The van der Waals surface area contributed by atoms with Crippen molar-refractivity contribution in [3.8, 4) is 11.5 Å². The summed E-state index contributed by atoms with van der Waals surface area (Å²) < 4.78 is 5.77. The van der Waals surface area contributed by atoms with E-state index < -0.39 is 0 Å². The molecular weight excluding hydrogens is 274 g/mol. The fraction of sp³-hybridized carbons (Fsp3) is 0.188. The van der Waals surface area contributed by atoms with Crippen molar-refractivity contribution in [3.05, 3.63) is 54.6 Å². The average molecular weight is 288 g/mol. The summed E-state index contributed by atoms with van der Waals surface area (Å²) in [6.07, 6.45) is 0.394. The molecule has 1 aliphatic heterocycles. The number of hydrogen-bond donors (Lipinski definition) is 0. The summed E-state index contributed by atoms with van der Waals surface area (Å²) in [5.41, 5.74) is 0.826. The summed E-state index contributed by atoms with van der Waals surface area (Å²) in [4.78, 5) is 13.6. The lowest BCUT2D eigenvalue weighted by Gasteiger charge is -2.17. The molecule has 1 fully saturated rings. The summed E-state index contributed by atoms with van der Waals surface area (Å²) in [7, 11) is 0. The van der Waals surface area contributed by atoms with E-state index in [-0.39, 0.29) is 11.3 Å². The largest absolute Gasteiger partial charge is 0.457 e. The van der Waals surface area contributed by atoms with E-state index in [1.165, 1.54) is 0 Å². The van der Waals surface area contributed by atoms with Crippen molar-refractivity contribution in [2.24, 2.45) is 0 Å². The lowest BCUT2D eigenvalue weighted by Crippen LogP contribution is -2.24. The standard InChI is InChI=1S/C16H14ClNO2/c17-12-9-16(19)18(11-12)13-5-4-8-15(10-13)20-14-6-2-1-3-7-14/h1-8,10,12H,9,11H2. The third-order valence-corrected chi connectivity index (χ3v) is 3.48. The summed E-state index contributed by atoms with van der Waals surface area (Å²) in [6.45, 7) is 0.551. The Kier molecular flexibility index (Phi) is 3.61. The smallest absolute Gasteiger partial charge is 0.228 e. The minimum absolute atomic E-state index is 0.0573. The maximum Gasteiger partial charge on any atom is 0.228 e. The van der Waals surface area contributed by atoms with Gasteiger partial charge in [0.15, 0.2) is 0 Å². The van der Waals surface area contributed by atoms with E-state index in [9.17, 15) is 4.79 Å². The van der Waals surface area contributed by atoms with Gasteiger partial charge in [0.25, 0.3) is 0 Å². The van der Waals surface area contributed by atoms with Gasteiger partial charge in [-0.1, -0.05) is 24.3 Å². The van der Waals surface area contributed by atoms with E-state index in [1.807, 2.05) is 54.6 Å². The molecule has 3 nitrogen and oxygen atoms in total. The SMILES string of the molecule is O=C1CC(Cl)CN1c1cccc(Oc2ccccc2)c1. The zero-order valence-electron chi connectivity index (χ0n) is 10.8. The van der Waals surface area contributed by atoms with Gasteiger partial charge in [-0.3, -0.25) is 4.79 Å². The van der Waals surface area contributed by atoms with Gasteiger partial charge < -0.3 is 9.64 Å². The van der Waals surface area contributed by atoms with Gasteiger partial charge in [0.1, 0.15) is 11.5 Å². The Bertz CT molecular complexity index is 615. The minimum atomic E-state index is -0.110. The summed E-state index contributed by atoms with van der Waals surface area (Å²) in [5, 5.41) is -0.110. The molecule has 1 atom stereocenters. The second-order valence-electron chi connectivity index (χ2n) is 4.72. The second-order valence-corrected chi connectivity index (χ2v) is 5.34. The number of halogens is 1. The zero-order chi connectivity index (χ0) is 13.9. The van der Waals surface area contributed by atoms with Crippen LogP contribution in [0.15, 0.2) is 54.6 Å². The van der Waals surface area contributed by atoms with Crippen LogP contribution in [0.3, 0.4) is 0 Å². The van der Waals surface area contributed by atoms with E-state index in [1.54, 1.807) is 4.90 Å². The highest BCUT2D eigenvalue weighted by atomic mass is 35.5. The van der Waals surface area contributed by atoms with E-state index in [0.29, 0.717) is 18.7 Å². The van der Waals surface area contributed by atoms with Crippen molar-refractivity contribution in [2.45, 2.75) is 11.8 Å². The fourth-order valence-corrected chi connectivity index (χ4v) is 2.52. The van der Waals surface area contributed by atoms with Crippen molar-refractivity contribution in [1.82, 2.24) is 0 Å². The number of rotatable bonds is 3. The summed E-state index contributed by atoms with van der Waals surface area (Å²) >= 11 is 6.03. The average Bonchev–Trinajstić information content (AvgIpc) is 2.79. The Balaban J connectivity index is 1.81. The Hall–Kier alpha value is -2.00. The van der Waals surface area contributed by atoms with Gasteiger partial charge in [-0.05, 0) is 24.3 Å². The predicted octanol–water partition coefficient (Wildman–Crippen LogP) is 3.82. The van der Waals surface area contributed by atoms with Gasteiger partial charge in [0, 0.05) is 24.7 Å². The van der Waals surface area contributed by atoms with Crippen molar-refractivity contribution in [2.75, 3.05) is 11.4 Å². The maximum atomic E-state index is 11.9. The van der Waals surface area contributed by atoms with Crippen LogP contribution in [0.4, 0.5) is 5.69 Å². The first kappa shape index (κ1) is 13.0. The first-order chi connectivity index (χ1) is 9.72. The number of hydrogen-bond acceptors (Lipinski definition) is 2. The molecule has 2 aromatic rings. The molecule has 2 aromatic carbocycles. The number of anilines is 1. The number of alkyl halides is 1. The number of para-hydroxylation sites is 1. The monoisotopic (exact) mass is 287 g/mol. The third kappa shape index (κ3) is 2.78. The highest BCUT2D eigenvalue weighted by Gasteiger charge is 2.29. The van der Waals surface area contributed by atoms with Gasteiger partial charge in [-0.2, -0.15) is 0 Å². The number of carbonyl (C=O) groups excluding carboxylic acids is 1. The molecule has 1 saturated heterocycles. The molecule has 3 rings (SSSR count). The predicted molar refractivity (Wildman–Crippen MR) is 79.6 cm³/mol. The number of carbonyl (C=O) groups is 1. The quantitative estimate of drug-likeness (QED) is 0.803. The van der Waals surface area contributed by atoms with Crippen molar-refractivity contribution < 1.29 is 9.53 Å². The van der Waals surface area contributed by atoms with E-state index >= 15 is 0 Å². The van der Waals surface area contributed by atoms with Gasteiger partial charge in [-0.25, -0.2) is 0 Å². The maximum absolute atomic E-state index is 11.9. The highest BCUT2D eigenvalue weighted by molar-refractivity contribution is 6.24. The minimum Gasteiger partial charge on any atom is -0.457 e. The van der Waals surface area contributed by atoms with Crippen molar-refractivity contribution in [1.29, 1.82) is 0 Å². The van der Waals surface area contributed by atoms with Crippen LogP contribution in [0.25, 0.3) is 0 Å². The lowest BCUT2D eigenvalue weighted by atomic mass is 10.2. The normalized spacial score (nSPS) is 18.4. The fourth-order valence-electron chi connectivity index (χ4n) is 2.25. The molecule has 102 valence electrons. The summed E-state index contributed by atoms with van der Waals surface area (Å²) in [6, 6.07) is 17.1. The molecule has 0 spiro atoms. The van der Waals surface area contributed by atoms with Crippen LogP contribution in [-0.2, 0) is 4.79 Å². The molecule has 0 N–H and O–H groups in total. The molecule has 1 amide bonds. The molecule has 1 heterocycles. The first-order valence-electron chi connectivity index (χ1n) is 6.50. The van der Waals surface area contributed by atoms with Gasteiger partial charge >= 0.3 is 0 Å². The van der Waals surface area contributed by atoms with Crippen LogP contribution in [0.2, 0.25) is 0 Å². The van der Waals surface area contributed by atoms with Crippen molar-refractivity contribution in [3.63, 3.8) is 0 Å². The molecule has 0 radical (unpaired) electrons. The van der Waals surface area contributed by atoms with Crippen LogP contribution in [0.1, 0.15) is 6.42 Å². The van der Waals surface area contributed by atoms with Crippen molar-refractivity contribution >= 4 is 23.2 Å². The van der Waals surface area contributed by atoms with Crippen LogP contribution in [0, 0.1) is 0 Å². The Morgan fingerprint density at radius 3 is 2.50 bits per heavy atom. The molecule has 0 aromatic heterocycles. The van der Waals surface area contributed by atoms with Gasteiger partial charge in [0.2, 0.25) is 5.91 Å². The van der Waals surface area contributed by atoms with Crippen LogP contribution in [-0.4, -0.2) is 17.8 Å². The topological polar surface area (TPSA) is 29.5 Å². The number of amides is 1. The molecule has 0 bridgehead atoms. The third-order valence-electron chi connectivity index (χ3n) is 3.19. The van der Waals surface area contributed by atoms with E-state index in [2.05, 4.69) is 0 Å². The molecule has 0 aliphatic carbocycles. The van der Waals surface area contributed by atoms with E-state index in [0.717, 1.165) is 11.4 Å². The number of nitrogens with zero attached hydrogens (tertiary/aromatic N) is 1.